The van der Waals surface area contributed by atoms with Crippen molar-refractivity contribution in [2.24, 2.45) is 11.8 Å². The molecule has 3 heterocycles. The summed E-state index contributed by atoms with van der Waals surface area (Å²) in [5.41, 5.74) is -1.37. The molecule has 0 aromatic rings. The minimum atomic E-state index is -1.35. The second-order valence-corrected chi connectivity index (χ2v) is 8.92. The van der Waals surface area contributed by atoms with E-state index in [-0.39, 0.29) is 17.9 Å². The highest BCUT2D eigenvalue weighted by atomic mass is 16.8. The van der Waals surface area contributed by atoms with Crippen molar-refractivity contribution < 1.29 is 39.4 Å². The molecule has 0 bridgehead atoms. The van der Waals surface area contributed by atoms with Gasteiger partial charge in [0.25, 0.3) is 0 Å². The van der Waals surface area contributed by atoms with Gasteiger partial charge in [-0.3, -0.25) is 0 Å². The highest BCUT2D eigenvalue weighted by Crippen LogP contribution is 2.44. The smallest absolute Gasteiger partial charge is 0.184 e. The van der Waals surface area contributed by atoms with E-state index in [1.54, 1.807) is 19.9 Å². The summed E-state index contributed by atoms with van der Waals surface area (Å²) in [6, 6.07) is 0. The van der Waals surface area contributed by atoms with E-state index in [0.29, 0.717) is 0 Å². The molecule has 8 heteroatoms. The van der Waals surface area contributed by atoms with Gasteiger partial charge in [-0.25, -0.2) is 0 Å². The number of aliphatic hydroxyl groups excluding tert-OH is 4. The number of rotatable bonds is 2. The highest BCUT2D eigenvalue weighted by Gasteiger charge is 2.56. The summed E-state index contributed by atoms with van der Waals surface area (Å²) in [5, 5.41) is 38.0. The van der Waals surface area contributed by atoms with Gasteiger partial charge in [-0.05, 0) is 27.7 Å². The Labute approximate surface area is 172 Å². The minimum absolute atomic E-state index is 0.0835. The van der Waals surface area contributed by atoms with E-state index in [2.05, 4.69) is 13.2 Å². The molecule has 3 aliphatic heterocycles. The largest absolute Gasteiger partial charge is 0.390 e. The van der Waals surface area contributed by atoms with E-state index in [0.717, 1.165) is 0 Å². The van der Waals surface area contributed by atoms with E-state index in [1.165, 1.54) is 6.08 Å². The molecule has 29 heavy (non-hydrogen) atoms. The summed E-state index contributed by atoms with van der Waals surface area (Å²) in [7, 11) is 0. The highest BCUT2D eigenvalue weighted by molar-refractivity contribution is 5.07. The van der Waals surface area contributed by atoms with Crippen molar-refractivity contribution in [2.75, 3.05) is 0 Å². The van der Waals surface area contributed by atoms with Gasteiger partial charge in [-0.2, -0.15) is 0 Å². The van der Waals surface area contributed by atoms with Crippen LogP contribution in [0.15, 0.2) is 25.3 Å². The zero-order valence-corrected chi connectivity index (χ0v) is 18.1. The minimum Gasteiger partial charge on any atom is -0.390 e. The molecule has 2 unspecified atom stereocenters. The van der Waals surface area contributed by atoms with E-state index in [4.69, 9.17) is 18.9 Å². The van der Waals surface area contributed by atoms with Crippen LogP contribution in [-0.4, -0.2) is 74.4 Å². The van der Waals surface area contributed by atoms with Gasteiger partial charge in [0.05, 0.1) is 23.4 Å². The van der Waals surface area contributed by atoms with Crippen LogP contribution in [0.3, 0.4) is 0 Å². The van der Waals surface area contributed by atoms with Gasteiger partial charge in [0.15, 0.2) is 18.4 Å². The topological polar surface area (TPSA) is 118 Å². The lowest BCUT2D eigenvalue weighted by Crippen LogP contribution is -2.58. The second kappa shape index (κ2) is 8.36. The van der Waals surface area contributed by atoms with E-state index in [9.17, 15) is 20.4 Å². The molecule has 0 radical (unpaired) electrons. The van der Waals surface area contributed by atoms with Crippen molar-refractivity contribution in [3.63, 3.8) is 0 Å². The van der Waals surface area contributed by atoms with Crippen molar-refractivity contribution in [3.05, 3.63) is 25.3 Å². The van der Waals surface area contributed by atoms with Crippen LogP contribution in [0.25, 0.3) is 0 Å². The van der Waals surface area contributed by atoms with Gasteiger partial charge in [-0.1, -0.05) is 26.0 Å². The standard InChI is InChI=1S/C12H20O4.C9H16O4/c1-6-12(5)7(2)8-9(10(13)16-12)15-11(3,4)14-8;1-4-9(3)5(2)6(10)7(11)8(12)13-9/h6-10,13H,1H2,2-5H3;4-8,10-12H,1H2,2-3H3/t7-,8-,9-,10?,12+;5-,6-,7-,8?,9+/m11/s1. The third-order valence-corrected chi connectivity index (χ3v) is 6.46. The maximum Gasteiger partial charge on any atom is 0.184 e. The zero-order chi connectivity index (χ0) is 22.4. The van der Waals surface area contributed by atoms with Crippen molar-refractivity contribution in [3.8, 4) is 0 Å². The summed E-state index contributed by atoms with van der Waals surface area (Å²) in [4.78, 5) is 0. The fraction of sp³-hybridized carbons (Fsp3) is 0.810. The van der Waals surface area contributed by atoms with Gasteiger partial charge < -0.3 is 39.4 Å². The van der Waals surface area contributed by atoms with E-state index >= 15 is 0 Å². The Morgan fingerprint density at radius 3 is 1.62 bits per heavy atom. The summed E-state index contributed by atoms with van der Waals surface area (Å²) < 4.78 is 22.2. The van der Waals surface area contributed by atoms with Crippen LogP contribution in [-0.2, 0) is 18.9 Å². The predicted molar refractivity (Wildman–Crippen MR) is 106 cm³/mol. The van der Waals surface area contributed by atoms with Gasteiger partial charge >= 0.3 is 0 Å². The summed E-state index contributed by atoms with van der Waals surface area (Å²) in [6.45, 7) is 18.4. The molecule has 8 nitrogen and oxygen atoms in total. The normalized spacial score (nSPS) is 51.4. The first-order chi connectivity index (χ1) is 13.2. The number of aliphatic hydroxyl groups is 4. The molecule has 3 aliphatic rings. The lowest BCUT2D eigenvalue weighted by molar-refractivity contribution is -0.285. The van der Waals surface area contributed by atoms with Crippen molar-refractivity contribution in [2.45, 2.75) is 95.5 Å². The number of ether oxygens (including phenoxy) is 4. The Balaban J connectivity index is 0.000000212. The SMILES string of the molecule is C=C[C@]1(C)OC(O)[C@@H]2OC(C)(C)O[C@@H]2[C@H]1C.C=C[C@]1(C)OC(O)[C@H](O)[C@H](O)[C@H]1C. The second-order valence-electron chi connectivity index (χ2n) is 8.92. The quantitative estimate of drug-likeness (QED) is 0.494. The maximum atomic E-state index is 9.92. The van der Waals surface area contributed by atoms with Crippen LogP contribution in [0.4, 0.5) is 0 Å². The number of fused-ring (bicyclic) bond motifs is 1. The monoisotopic (exact) mass is 416 g/mol. The molecule has 0 aliphatic carbocycles. The predicted octanol–water partition coefficient (Wildman–Crippen LogP) is 1.07. The first-order valence-electron chi connectivity index (χ1n) is 9.92. The molecule has 0 saturated carbocycles. The number of hydrogen-bond acceptors (Lipinski definition) is 8. The van der Waals surface area contributed by atoms with Gasteiger partial charge in [0, 0.05) is 11.8 Å². The molecule has 168 valence electrons. The van der Waals surface area contributed by atoms with Crippen LogP contribution in [0, 0.1) is 11.8 Å². The fourth-order valence-corrected chi connectivity index (χ4v) is 3.89. The molecule has 0 spiro atoms. The Morgan fingerprint density at radius 1 is 0.655 bits per heavy atom. The van der Waals surface area contributed by atoms with Gasteiger partial charge in [0.1, 0.15) is 12.2 Å². The molecule has 10 atom stereocenters. The fourth-order valence-electron chi connectivity index (χ4n) is 3.89. The van der Waals surface area contributed by atoms with E-state index in [1.807, 2.05) is 27.7 Å². The maximum absolute atomic E-state index is 9.92. The van der Waals surface area contributed by atoms with Crippen molar-refractivity contribution in [1.29, 1.82) is 0 Å². The van der Waals surface area contributed by atoms with Crippen LogP contribution in [0.5, 0.6) is 0 Å². The lowest BCUT2D eigenvalue weighted by atomic mass is 9.81. The molecule has 3 fully saturated rings. The molecule has 0 aromatic heterocycles. The summed E-state index contributed by atoms with van der Waals surface area (Å²) in [5.74, 6) is -0.885. The molecular weight excluding hydrogens is 380 g/mol. The van der Waals surface area contributed by atoms with E-state index < -0.39 is 47.9 Å². The van der Waals surface area contributed by atoms with Crippen molar-refractivity contribution in [1.82, 2.24) is 0 Å². The van der Waals surface area contributed by atoms with Gasteiger partial charge in [0.2, 0.25) is 0 Å². The average molecular weight is 417 g/mol. The first kappa shape index (κ1) is 24.4. The Hall–Kier alpha value is -0.840. The Morgan fingerprint density at radius 2 is 1.10 bits per heavy atom. The third kappa shape index (κ3) is 4.60. The molecule has 0 amide bonds. The molecule has 4 N–H and O–H groups in total. The molecule has 0 aromatic carbocycles. The average Bonchev–Trinajstić information content (AvgIpc) is 2.99. The summed E-state index contributed by atoms with van der Waals surface area (Å²) >= 11 is 0. The Bertz CT molecular complexity index is 609. The van der Waals surface area contributed by atoms with Crippen LogP contribution >= 0.6 is 0 Å². The molecule has 3 saturated heterocycles. The first-order valence-corrected chi connectivity index (χ1v) is 9.92. The third-order valence-electron chi connectivity index (χ3n) is 6.46. The molecular formula is C21H36O8. The molecule has 3 rings (SSSR count). The van der Waals surface area contributed by atoms with Crippen LogP contribution in [0.1, 0.15) is 41.5 Å². The lowest BCUT2D eigenvalue weighted by Gasteiger charge is -2.45. The van der Waals surface area contributed by atoms with Gasteiger partial charge in [-0.15, -0.1) is 13.2 Å². The summed E-state index contributed by atoms with van der Waals surface area (Å²) in [6.07, 6.45) is -1.91. The zero-order valence-electron chi connectivity index (χ0n) is 18.1. The number of hydrogen-bond donors (Lipinski definition) is 4. The van der Waals surface area contributed by atoms with Crippen LogP contribution < -0.4 is 0 Å². The Kier molecular flexibility index (Phi) is 7.04. The van der Waals surface area contributed by atoms with Crippen LogP contribution in [0.2, 0.25) is 0 Å². The van der Waals surface area contributed by atoms with Crippen molar-refractivity contribution >= 4 is 0 Å².